The highest BCUT2D eigenvalue weighted by Gasteiger charge is 2.13. The maximum Gasteiger partial charge on any atom is 0.132 e. The van der Waals surface area contributed by atoms with Gasteiger partial charge in [-0.25, -0.2) is 0 Å². The first-order valence-electron chi connectivity index (χ1n) is 12.4. The lowest BCUT2D eigenvalue weighted by Gasteiger charge is -2.22. The summed E-state index contributed by atoms with van der Waals surface area (Å²) in [7, 11) is 0. The van der Waals surface area contributed by atoms with Crippen LogP contribution in [0.5, 0.6) is 0 Å². The van der Waals surface area contributed by atoms with Crippen LogP contribution in [0.15, 0.2) is 54.6 Å². The minimum atomic E-state index is 0.364. The minimum absolute atomic E-state index is 0.364. The Morgan fingerprint density at radius 1 is 0.839 bits per heavy atom. The first kappa shape index (κ1) is 23.3. The molecule has 4 aromatic rings. The number of aryl methyl sites for hydroxylation is 1. The van der Waals surface area contributed by atoms with E-state index in [0.717, 1.165) is 18.8 Å². The van der Waals surface area contributed by atoms with Crippen molar-refractivity contribution < 1.29 is 4.79 Å². The second kappa shape index (κ2) is 11.3. The molecule has 1 fully saturated rings. The van der Waals surface area contributed by atoms with Gasteiger partial charge in [0.25, 0.3) is 0 Å². The van der Waals surface area contributed by atoms with Gasteiger partial charge in [-0.05, 0) is 56.6 Å². The van der Waals surface area contributed by atoms with Crippen molar-refractivity contribution in [2.45, 2.75) is 79.1 Å². The van der Waals surface area contributed by atoms with E-state index in [-0.39, 0.29) is 0 Å². The van der Waals surface area contributed by atoms with Crippen LogP contribution >= 0.6 is 0 Å². The Labute approximate surface area is 188 Å². The van der Waals surface area contributed by atoms with E-state index in [1.165, 1.54) is 63.6 Å². The number of Topliss-reactive ketones (excluding diaryl/α,β-unsaturated/α-hetero) is 1. The maximum atomic E-state index is 11.5. The number of rotatable bonds is 6. The third kappa shape index (κ3) is 5.45. The first-order chi connectivity index (χ1) is 15.2. The predicted molar refractivity (Wildman–Crippen MR) is 137 cm³/mol. The molecule has 0 aromatic heterocycles. The van der Waals surface area contributed by atoms with Crippen LogP contribution in [-0.4, -0.2) is 5.78 Å². The topological polar surface area (TPSA) is 17.1 Å². The Hall–Kier alpha value is -2.41. The summed E-state index contributed by atoms with van der Waals surface area (Å²) in [6, 6.07) is 20.0. The summed E-state index contributed by atoms with van der Waals surface area (Å²) in [5, 5.41) is 7.97. The number of carbonyl (C=O) groups excluding carboxylic acids is 1. The Morgan fingerprint density at radius 2 is 1.39 bits per heavy atom. The second-order valence-electron chi connectivity index (χ2n) is 8.58. The standard InChI is InChI=1S/C22H20O.C6H12.C2H6/c1-2-20(23)8-3-5-15-13-18-11-9-16-6-4-7-17-10-12-19(14-15)22(18)21(16)17;1-2-6-4-3-5-6;1-2/h4,6-7,9-14H,2-3,5,8H2,1H3;6H,2-5H2,1H3;1-2H3. The van der Waals surface area contributed by atoms with E-state index in [2.05, 4.69) is 61.5 Å². The van der Waals surface area contributed by atoms with Gasteiger partial charge < -0.3 is 0 Å². The van der Waals surface area contributed by atoms with E-state index < -0.39 is 0 Å². The maximum absolute atomic E-state index is 11.5. The quantitative estimate of drug-likeness (QED) is 0.287. The van der Waals surface area contributed by atoms with Gasteiger partial charge in [0.05, 0.1) is 0 Å². The van der Waals surface area contributed by atoms with Gasteiger partial charge in [0.15, 0.2) is 0 Å². The van der Waals surface area contributed by atoms with Crippen LogP contribution in [-0.2, 0) is 11.2 Å². The van der Waals surface area contributed by atoms with E-state index in [0.29, 0.717) is 18.6 Å². The molecule has 5 rings (SSSR count). The molecule has 31 heavy (non-hydrogen) atoms. The highest BCUT2D eigenvalue weighted by molar-refractivity contribution is 6.23. The lowest BCUT2D eigenvalue weighted by atomic mass is 9.84. The average Bonchev–Trinajstić information content (AvgIpc) is 2.78. The van der Waals surface area contributed by atoms with Gasteiger partial charge in [-0.15, -0.1) is 0 Å². The monoisotopic (exact) mass is 414 g/mol. The van der Waals surface area contributed by atoms with Gasteiger partial charge in [-0.3, -0.25) is 4.79 Å². The fourth-order valence-corrected chi connectivity index (χ4v) is 4.53. The van der Waals surface area contributed by atoms with Crippen molar-refractivity contribution in [1.29, 1.82) is 0 Å². The Kier molecular flexibility index (Phi) is 8.46. The third-order valence-electron chi connectivity index (χ3n) is 6.64. The zero-order chi connectivity index (χ0) is 22.2. The molecule has 1 aliphatic carbocycles. The molecule has 1 aliphatic rings. The van der Waals surface area contributed by atoms with E-state index in [4.69, 9.17) is 0 Å². The normalized spacial score (nSPS) is 13.4. The molecular formula is C30H38O. The Morgan fingerprint density at radius 3 is 1.84 bits per heavy atom. The summed E-state index contributed by atoms with van der Waals surface area (Å²) in [5.41, 5.74) is 1.33. The largest absolute Gasteiger partial charge is 0.300 e. The molecule has 1 nitrogen and oxygen atoms in total. The SMILES string of the molecule is CC.CCC(=O)CCCc1cc2ccc3cccc4ccc(c1)c2c34.CCC1CCC1. The molecule has 1 heteroatoms. The fraction of sp³-hybridized carbons (Fsp3) is 0.433. The van der Waals surface area contributed by atoms with Gasteiger partial charge >= 0.3 is 0 Å². The number of benzene rings is 4. The summed E-state index contributed by atoms with van der Waals surface area (Å²) < 4.78 is 0. The molecule has 4 aromatic carbocycles. The van der Waals surface area contributed by atoms with Crippen molar-refractivity contribution in [1.82, 2.24) is 0 Å². The zero-order valence-electron chi connectivity index (χ0n) is 19.8. The van der Waals surface area contributed by atoms with Gasteiger partial charge in [-0.1, -0.05) is 108 Å². The van der Waals surface area contributed by atoms with Crippen molar-refractivity contribution in [2.24, 2.45) is 5.92 Å². The minimum Gasteiger partial charge on any atom is -0.300 e. The lowest BCUT2D eigenvalue weighted by molar-refractivity contribution is -0.118. The van der Waals surface area contributed by atoms with Crippen molar-refractivity contribution >= 4 is 38.1 Å². The van der Waals surface area contributed by atoms with Crippen LogP contribution in [0.4, 0.5) is 0 Å². The van der Waals surface area contributed by atoms with Crippen LogP contribution in [0, 0.1) is 5.92 Å². The van der Waals surface area contributed by atoms with Crippen LogP contribution in [0.2, 0.25) is 0 Å². The molecule has 0 aliphatic heterocycles. The fourth-order valence-electron chi connectivity index (χ4n) is 4.53. The molecule has 0 unspecified atom stereocenters. The van der Waals surface area contributed by atoms with E-state index in [1.807, 2.05) is 20.8 Å². The van der Waals surface area contributed by atoms with E-state index in [1.54, 1.807) is 0 Å². The highest BCUT2D eigenvalue weighted by atomic mass is 16.1. The lowest BCUT2D eigenvalue weighted by Crippen LogP contribution is -2.08. The third-order valence-corrected chi connectivity index (χ3v) is 6.64. The summed E-state index contributed by atoms with van der Waals surface area (Å²) in [6.45, 7) is 8.22. The Bertz CT molecular complexity index is 1040. The molecule has 1 saturated carbocycles. The van der Waals surface area contributed by atoms with Crippen molar-refractivity contribution in [3.8, 4) is 0 Å². The van der Waals surface area contributed by atoms with Crippen LogP contribution in [0.25, 0.3) is 32.3 Å². The second-order valence-corrected chi connectivity index (χ2v) is 8.58. The summed E-state index contributed by atoms with van der Waals surface area (Å²) >= 11 is 0. The summed E-state index contributed by atoms with van der Waals surface area (Å²) in [4.78, 5) is 11.5. The number of hydrogen-bond acceptors (Lipinski definition) is 1. The number of hydrogen-bond donors (Lipinski definition) is 0. The molecule has 0 heterocycles. The average molecular weight is 415 g/mol. The van der Waals surface area contributed by atoms with Gasteiger partial charge in [0, 0.05) is 12.8 Å². The smallest absolute Gasteiger partial charge is 0.132 e. The highest BCUT2D eigenvalue weighted by Crippen LogP contribution is 2.35. The Balaban J connectivity index is 0.000000291. The first-order valence-corrected chi connectivity index (χ1v) is 12.4. The van der Waals surface area contributed by atoms with Crippen LogP contribution in [0.1, 0.15) is 78.2 Å². The molecule has 0 spiro atoms. The number of ketones is 1. The van der Waals surface area contributed by atoms with E-state index >= 15 is 0 Å². The molecule has 0 bridgehead atoms. The number of carbonyl (C=O) groups is 1. The molecule has 0 N–H and O–H groups in total. The van der Waals surface area contributed by atoms with E-state index in [9.17, 15) is 4.79 Å². The van der Waals surface area contributed by atoms with Gasteiger partial charge in [-0.2, -0.15) is 0 Å². The predicted octanol–water partition coefficient (Wildman–Crippen LogP) is 9.11. The summed E-state index contributed by atoms with van der Waals surface area (Å²) in [6.07, 6.45) is 9.20. The van der Waals surface area contributed by atoms with Crippen LogP contribution in [0.3, 0.4) is 0 Å². The van der Waals surface area contributed by atoms with Gasteiger partial charge in [0.2, 0.25) is 0 Å². The molecule has 0 amide bonds. The molecule has 0 radical (unpaired) electrons. The van der Waals surface area contributed by atoms with Crippen molar-refractivity contribution in [3.05, 3.63) is 60.2 Å². The molecule has 164 valence electrons. The molecule has 0 atom stereocenters. The zero-order valence-corrected chi connectivity index (χ0v) is 19.8. The molecular weight excluding hydrogens is 376 g/mol. The molecule has 0 saturated heterocycles. The van der Waals surface area contributed by atoms with Crippen molar-refractivity contribution in [3.63, 3.8) is 0 Å². The van der Waals surface area contributed by atoms with Crippen LogP contribution < -0.4 is 0 Å². The van der Waals surface area contributed by atoms with Crippen molar-refractivity contribution in [2.75, 3.05) is 0 Å². The van der Waals surface area contributed by atoms with Gasteiger partial charge in [0.1, 0.15) is 5.78 Å². The summed E-state index contributed by atoms with van der Waals surface area (Å²) in [5.74, 6) is 1.48.